The highest BCUT2D eigenvalue weighted by Crippen LogP contribution is 2.32. The molecule has 0 bridgehead atoms. The zero-order valence-corrected chi connectivity index (χ0v) is 14.9. The number of nitrogens with zero attached hydrogens (tertiary/aromatic N) is 3. The van der Waals surface area contributed by atoms with Crippen molar-refractivity contribution in [1.29, 1.82) is 0 Å². The van der Waals surface area contributed by atoms with Crippen molar-refractivity contribution >= 4 is 11.0 Å². The summed E-state index contributed by atoms with van der Waals surface area (Å²) in [6.07, 6.45) is 1.46. The molecule has 5 nitrogen and oxygen atoms in total. The summed E-state index contributed by atoms with van der Waals surface area (Å²) in [5.41, 5.74) is 1.96. The highest BCUT2D eigenvalue weighted by Gasteiger charge is 2.29. The first-order valence-corrected chi connectivity index (χ1v) is 8.99. The minimum atomic E-state index is -0.544. The van der Waals surface area contributed by atoms with E-state index in [0.29, 0.717) is 6.54 Å². The van der Waals surface area contributed by atoms with Crippen molar-refractivity contribution in [3.05, 3.63) is 53.7 Å². The van der Waals surface area contributed by atoms with E-state index in [1.165, 1.54) is 0 Å². The van der Waals surface area contributed by atoms with E-state index in [1.54, 1.807) is 0 Å². The van der Waals surface area contributed by atoms with Gasteiger partial charge in [-0.25, -0.2) is 4.98 Å². The number of aromatic nitrogens is 2. The topological polar surface area (TPSA) is 54.4 Å². The molecule has 0 saturated carbocycles. The summed E-state index contributed by atoms with van der Waals surface area (Å²) in [6.45, 7) is 4.59. The minimum absolute atomic E-state index is 0.255. The van der Waals surface area contributed by atoms with Crippen molar-refractivity contribution in [2.24, 2.45) is 5.92 Å². The van der Waals surface area contributed by atoms with Crippen molar-refractivity contribution in [2.75, 3.05) is 20.1 Å². The number of para-hydroxylation sites is 2. The second-order valence-corrected chi connectivity index (χ2v) is 7.14. The molecule has 1 fully saturated rings. The number of hydrogen-bond acceptors (Lipinski definition) is 4. The Bertz CT molecular complexity index is 859. The number of piperidine rings is 1. The molecule has 25 heavy (non-hydrogen) atoms. The van der Waals surface area contributed by atoms with Crippen LogP contribution >= 0.6 is 0 Å². The number of benzene rings is 1. The molecular weight excluding hydrogens is 314 g/mol. The Kier molecular flexibility index (Phi) is 4.36. The highest BCUT2D eigenvalue weighted by atomic mass is 16.3. The number of fused-ring (bicyclic) bond motifs is 1. The van der Waals surface area contributed by atoms with E-state index in [2.05, 4.69) is 22.6 Å². The molecule has 1 unspecified atom stereocenters. The predicted octanol–water partition coefficient (Wildman–Crippen LogP) is 3.36. The van der Waals surface area contributed by atoms with Gasteiger partial charge in [-0.15, -0.1) is 0 Å². The van der Waals surface area contributed by atoms with Crippen molar-refractivity contribution < 1.29 is 9.52 Å². The van der Waals surface area contributed by atoms with E-state index in [4.69, 9.17) is 9.40 Å². The molecule has 0 aliphatic carbocycles. The normalized spacial score (nSPS) is 18.0. The zero-order chi connectivity index (χ0) is 17.4. The van der Waals surface area contributed by atoms with Gasteiger partial charge in [0.15, 0.2) is 0 Å². The van der Waals surface area contributed by atoms with Gasteiger partial charge >= 0.3 is 0 Å². The fourth-order valence-electron chi connectivity index (χ4n) is 3.77. The Morgan fingerprint density at radius 3 is 2.68 bits per heavy atom. The molecular formula is C20H25N3O2. The Morgan fingerprint density at radius 1 is 1.20 bits per heavy atom. The second kappa shape index (κ2) is 6.65. The number of aryl methyl sites for hydroxylation is 1. The van der Waals surface area contributed by atoms with E-state index in [9.17, 15) is 5.11 Å². The summed E-state index contributed by atoms with van der Waals surface area (Å²) < 4.78 is 7.87. The van der Waals surface area contributed by atoms with Gasteiger partial charge in [0.1, 0.15) is 23.4 Å². The van der Waals surface area contributed by atoms with Crippen LogP contribution in [0.4, 0.5) is 0 Å². The van der Waals surface area contributed by atoms with E-state index < -0.39 is 6.10 Å². The Hall–Kier alpha value is -2.11. The van der Waals surface area contributed by atoms with Crippen LogP contribution in [0.15, 0.2) is 40.8 Å². The monoisotopic (exact) mass is 339 g/mol. The van der Waals surface area contributed by atoms with Crippen molar-refractivity contribution in [1.82, 2.24) is 14.5 Å². The fraction of sp³-hybridized carbons (Fsp3) is 0.450. The molecule has 0 spiro atoms. The molecule has 1 aliphatic heterocycles. The van der Waals surface area contributed by atoms with Crippen molar-refractivity contribution in [3.63, 3.8) is 0 Å². The SMILES string of the molecule is Cc1ccc(Cn2c(C(O)C3CCN(C)CC3)nc3ccccc32)o1. The van der Waals surface area contributed by atoms with Crippen LogP contribution in [-0.4, -0.2) is 39.7 Å². The summed E-state index contributed by atoms with van der Waals surface area (Å²) in [6, 6.07) is 12.0. The maximum Gasteiger partial charge on any atom is 0.139 e. The number of aliphatic hydroxyl groups is 1. The average Bonchev–Trinajstić information content (AvgIpc) is 3.19. The molecule has 3 heterocycles. The summed E-state index contributed by atoms with van der Waals surface area (Å²) in [7, 11) is 2.14. The number of likely N-dealkylation sites (tertiary alicyclic amines) is 1. The first kappa shape index (κ1) is 16.4. The van der Waals surface area contributed by atoms with E-state index in [1.807, 2.05) is 37.3 Å². The van der Waals surface area contributed by atoms with Gasteiger partial charge in [-0.05, 0) is 70.1 Å². The summed E-state index contributed by atoms with van der Waals surface area (Å²) in [4.78, 5) is 7.08. The number of hydrogen-bond donors (Lipinski definition) is 1. The van der Waals surface area contributed by atoms with E-state index in [0.717, 1.165) is 54.3 Å². The third-order valence-electron chi connectivity index (χ3n) is 5.27. The average molecular weight is 339 g/mol. The Balaban J connectivity index is 1.70. The number of imidazole rings is 1. The fourth-order valence-corrected chi connectivity index (χ4v) is 3.77. The van der Waals surface area contributed by atoms with Crippen LogP contribution in [0.3, 0.4) is 0 Å². The first-order valence-electron chi connectivity index (χ1n) is 8.99. The molecule has 0 radical (unpaired) electrons. The zero-order valence-electron chi connectivity index (χ0n) is 14.9. The number of furan rings is 1. The number of rotatable bonds is 4. The third-order valence-corrected chi connectivity index (χ3v) is 5.27. The maximum absolute atomic E-state index is 11.1. The van der Waals surface area contributed by atoms with Crippen LogP contribution in [0.5, 0.6) is 0 Å². The predicted molar refractivity (Wildman–Crippen MR) is 97.5 cm³/mol. The Morgan fingerprint density at radius 2 is 1.96 bits per heavy atom. The van der Waals surface area contributed by atoms with Gasteiger partial charge in [0.25, 0.3) is 0 Å². The molecule has 2 aromatic heterocycles. The van der Waals surface area contributed by atoms with Crippen LogP contribution in [-0.2, 0) is 6.54 Å². The molecule has 1 aliphatic rings. The molecule has 0 amide bonds. The largest absolute Gasteiger partial charge is 0.464 e. The van der Waals surface area contributed by atoms with Gasteiger partial charge in [-0.3, -0.25) is 0 Å². The first-order chi connectivity index (χ1) is 12.1. The molecule has 132 valence electrons. The summed E-state index contributed by atoms with van der Waals surface area (Å²) >= 11 is 0. The van der Waals surface area contributed by atoms with Gasteiger partial charge < -0.3 is 19.0 Å². The highest BCUT2D eigenvalue weighted by molar-refractivity contribution is 5.76. The van der Waals surface area contributed by atoms with Crippen LogP contribution in [0.1, 0.15) is 36.3 Å². The molecule has 1 atom stereocenters. The molecule has 5 heteroatoms. The van der Waals surface area contributed by atoms with Crippen LogP contribution < -0.4 is 0 Å². The lowest BCUT2D eigenvalue weighted by molar-refractivity contribution is 0.0571. The summed E-state index contributed by atoms with van der Waals surface area (Å²) in [5, 5.41) is 11.1. The second-order valence-electron chi connectivity index (χ2n) is 7.14. The molecule has 4 rings (SSSR count). The molecule has 1 saturated heterocycles. The third kappa shape index (κ3) is 3.22. The van der Waals surface area contributed by atoms with Gasteiger partial charge in [-0.1, -0.05) is 12.1 Å². The van der Waals surface area contributed by atoms with Gasteiger partial charge in [0.05, 0.1) is 17.6 Å². The lowest BCUT2D eigenvalue weighted by atomic mass is 9.91. The Labute approximate surface area is 147 Å². The standard InChI is InChI=1S/C20H25N3O2/c1-14-7-8-16(25-14)13-23-18-6-4-3-5-17(18)21-20(23)19(24)15-9-11-22(2)12-10-15/h3-8,15,19,24H,9-13H2,1-2H3. The van der Waals surface area contributed by atoms with Crippen molar-refractivity contribution in [3.8, 4) is 0 Å². The summed E-state index contributed by atoms with van der Waals surface area (Å²) in [5.74, 6) is 2.80. The quantitative estimate of drug-likeness (QED) is 0.792. The smallest absolute Gasteiger partial charge is 0.139 e. The minimum Gasteiger partial charge on any atom is -0.464 e. The van der Waals surface area contributed by atoms with Gasteiger partial charge in [0, 0.05) is 0 Å². The lowest BCUT2D eigenvalue weighted by Gasteiger charge is -2.31. The lowest BCUT2D eigenvalue weighted by Crippen LogP contribution is -2.33. The molecule has 1 aromatic carbocycles. The number of aliphatic hydroxyl groups excluding tert-OH is 1. The van der Waals surface area contributed by atoms with Crippen molar-refractivity contribution in [2.45, 2.75) is 32.4 Å². The van der Waals surface area contributed by atoms with Crippen LogP contribution in [0.25, 0.3) is 11.0 Å². The van der Waals surface area contributed by atoms with Gasteiger partial charge in [0.2, 0.25) is 0 Å². The molecule has 3 aromatic rings. The molecule has 1 N–H and O–H groups in total. The van der Waals surface area contributed by atoms with E-state index in [-0.39, 0.29) is 5.92 Å². The van der Waals surface area contributed by atoms with Gasteiger partial charge in [-0.2, -0.15) is 0 Å². The van der Waals surface area contributed by atoms with Crippen LogP contribution in [0, 0.1) is 12.8 Å². The van der Waals surface area contributed by atoms with Crippen LogP contribution in [0.2, 0.25) is 0 Å². The van der Waals surface area contributed by atoms with E-state index >= 15 is 0 Å². The maximum atomic E-state index is 11.1.